The highest BCUT2D eigenvalue weighted by atomic mass is 19.4. The van der Waals surface area contributed by atoms with E-state index in [4.69, 9.17) is 10.2 Å². The molecule has 1 aromatic rings. The molecule has 0 bridgehead atoms. The smallest absolute Gasteiger partial charge is 0.436 e. The van der Waals surface area contributed by atoms with Crippen LogP contribution < -0.4 is 0 Å². The standard InChI is InChI=1S/C8H9F3N2O3/c1-4-5(7(15)16)6(8(9,10)11)12-13(4)2-3-14/h14H,2-3H2,1H3,(H,15,16). The van der Waals surface area contributed by atoms with Crippen LogP contribution in [0.1, 0.15) is 21.7 Å². The monoisotopic (exact) mass is 238 g/mol. The zero-order valence-corrected chi connectivity index (χ0v) is 8.25. The van der Waals surface area contributed by atoms with E-state index < -0.39 is 30.0 Å². The Hall–Kier alpha value is -1.57. The number of carboxylic acid groups (broad SMARTS) is 1. The van der Waals surface area contributed by atoms with Crippen LogP contribution in [0.25, 0.3) is 0 Å². The number of nitrogens with zero attached hydrogens (tertiary/aromatic N) is 2. The van der Waals surface area contributed by atoms with Crippen LogP contribution in [0.2, 0.25) is 0 Å². The Morgan fingerprint density at radius 3 is 2.38 bits per heavy atom. The van der Waals surface area contributed by atoms with Crippen molar-refractivity contribution in [1.82, 2.24) is 9.78 Å². The summed E-state index contributed by atoms with van der Waals surface area (Å²) in [7, 11) is 0. The molecule has 2 N–H and O–H groups in total. The second-order valence-corrected chi connectivity index (χ2v) is 3.06. The maximum absolute atomic E-state index is 12.4. The van der Waals surface area contributed by atoms with Crippen LogP contribution in [-0.2, 0) is 12.7 Å². The van der Waals surface area contributed by atoms with E-state index in [2.05, 4.69) is 5.10 Å². The summed E-state index contributed by atoms with van der Waals surface area (Å²) in [5, 5.41) is 20.4. The molecule has 0 aromatic carbocycles. The zero-order valence-electron chi connectivity index (χ0n) is 8.25. The highest BCUT2D eigenvalue weighted by molar-refractivity contribution is 5.90. The van der Waals surface area contributed by atoms with E-state index in [1.165, 1.54) is 6.92 Å². The van der Waals surface area contributed by atoms with Crippen molar-refractivity contribution < 1.29 is 28.2 Å². The number of aromatic nitrogens is 2. The normalized spacial score (nSPS) is 11.8. The Balaban J connectivity index is 3.37. The summed E-state index contributed by atoms with van der Waals surface area (Å²) in [5.74, 6) is -1.69. The van der Waals surface area contributed by atoms with Crippen molar-refractivity contribution in [2.24, 2.45) is 0 Å². The van der Waals surface area contributed by atoms with Crippen molar-refractivity contribution in [2.45, 2.75) is 19.6 Å². The average molecular weight is 238 g/mol. The molecule has 0 atom stereocenters. The number of aliphatic hydroxyl groups is 1. The Morgan fingerprint density at radius 1 is 1.50 bits per heavy atom. The SMILES string of the molecule is Cc1c(C(=O)O)c(C(F)(F)F)nn1CCO. The molecule has 0 aliphatic heterocycles. The Morgan fingerprint density at radius 2 is 2.06 bits per heavy atom. The first-order valence-corrected chi connectivity index (χ1v) is 4.27. The van der Waals surface area contributed by atoms with Crippen LogP contribution in [0.5, 0.6) is 0 Å². The van der Waals surface area contributed by atoms with Gasteiger partial charge in [-0.15, -0.1) is 0 Å². The van der Waals surface area contributed by atoms with Gasteiger partial charge in [-0.1, -0.05) is 0 Å². The van der Waals surface area contributed by atoms with Crippen molar-refractivity contribution >= 4 is 5.97 Å². The van der Waals surface area contributed by atoms with Gasteiger partial charge in [0, 0.05) is 0 Å². The van der Waals surface area contributed by atoms with Gasteiger partial charge in [0.1, 0.15) is 5.56 Å². The van der Waals surface area contributed by atoms with Crippen molar-refractivity contribution in [3.63, 3.8) is 0 Å². The summed E-state index contributed by atoms with van der Waals surface area (Å²) in [6.07, 6.45) is -4.82. The molecule has 1 rings (SSSR count). The third-order valence-corrected chi connectivity index (χ3v) is 2.00. The van der Waals surface area contributed by atoms with Crippen LogP contribution in [-0.4, -0.2) is 32.6 Å². The van der Waals surface area contributed by atoms with Gasteiger partial charge in [0.15, 0.2) is 5.69 Å². The van der Waals surface area contributed by atoms with Gasteiger partial charge in [-0.3, -0.25) is 4.68 Å². The number of halogens is 3. The van der Waals surface area contributed by atoms with Gasteiger partial charge in [0.2, 0.25) is 0 Å². The first kappa shape index (κ1) is 12.5. The molecule has 1 aromatic heterocycles. The fraction of sp³-hybridized carbons (Fsp3) is 0.500. The molecule has 0 saturated carbocycles. The second-order valence-electron chi connectivity index (χ2n) is 3.06. The van der Waals surface area contributed by atoms with Crippen LogP contribution in [0.4, 0.5) is 13.2 Å². The van der Waals surface area contributed by atoms with Crippen LogP contribution in [0.15, 0.2) is 0 Å². The Bertz CT molecular complexity index is 411. The molecule has 0 amide bonds. The molecule has 0 radical (unpaired) electrons. The number of carbonyl (C=O) groups is 1. The van der Waals surface area contributed by atoms with E-state index in [0.29, 0.717) is 0 Å². The van der Waals surface area contributed by atoms with Crippen LogP contribution in [0, 0.1) is 6.92 Å². The Labute approximate surface area is 88.1 Å². The topological polar surface area (TPSA) is 75.3 Å². The second kappa shape index (κ2) is 4.12. The first-order chi connectivity index (χ1) is 7.29. The molecule has 0 saturated heterocycles. The van der Waals surface area contributed by atoms with Crippen molar-refractivity contribution in [2.75, 3.05) is 6.61 Å². The largest absolute Gasteiger partial charge is 0.478 e. The maximum Gasteiger partial charge on any atom is 0.436 e. The minimum absolute atomic E-state index is 0.131. The summed E-state index contributed by atoms with van der Waals surface area (Å²) in [5.41, 5.74) is -2.44. The highest BCUT2D eigenvalue weighted by Crippen LogP contribution is 2.32. The average Bonchev–Trinajstić information content (AvgIpc) is 2.44. The zero-order chi connectivity index (χ0) is 12.5. The van der Waals surface area contributed by atoms with Gasteiger partial charge in [-0.05, 0) is 6.92 Å². The van der Waals surface area contributed by atoms with E-state index in [0.717, 1.165) is 4.68 Å². The van der Waals surface area contributed by atoms with Gasteiger partial charge in [-0.25, -0.2) is 4.79 Å². The Kier molecular flexibility index (Phi) is 3.22. The third kappa shape index (κ3) is 2.16. The molecular formula is C8H9F3N2O3. The molecule has 5 nitrogen and oxygen atoms in total. The fourth-order valence-electron chi connectivity index (χ4n) is 1.31. The number of hydrogen-bond donors (Lipinski definition) is 2. The summed E-state index contributed by atoms with van der Waals surface area (Å²) >= 11 is 0. The number of aromatic carboxylic acids is 1. The van der Waals surface area contributed by atoms with E-state index in [1.807, 2.05) is 0 Å². The molecule has 16 heavy (non-hydrogen) atoms. The summed E-state index contributed by atoms with van der Waals surface area (Å²) in [6, 6.07) is 0. The molecule has 0 aliphatic carbocycles. The lowest BCUT2D eigenvalue weighted by Crippen LogP contribution is -2.12. The van der Waals surface area contributed by atoms with Crippen molar-refractivity contribution in [1.29, 1.82) is 0 Å². The number of alkyl halides is 3. The van der Waals surface area contributed by atoms with E-state index in [9.17, 15) is 18.0 Å². The van der Waals surface area contributed by atoms with E-state index in [1.54, 1.807) is 0 Å². The third-order valence-electron chi connectivity index (χ3n) is 2.00. The molecule has 0 fully saturated rings. The predicted octanol–water partition coefficient (Wildman–Crippen LogP) is 0.901. The van der Waals surface area contributed by atoms with Crippen LogP contribution >= 0.6 is 0 Å². The van der Waals surface area contributed by atoms with Gasteiger partial charge < -0.3 is 10.2 Å². The molecule has 0 aliphatic rings. The highest BCUT2D eigenvalue weighted by Gasteiger charge is 2.40. The van der Waals surface area contributed by atoms with Crippen molar-refractivity contribution in [3.05, 3.63) is 17.0 Å². The lowest BCUT2D eigenvalue weighted by Gasteiger charge is -2.02. The predicted molar refractivity (Wildman–Crippen MR) is 46.0 cm³/mol. The van der Waals surface area contributed by atoms with E-state index >= 15 is 0 Å². The molecule has 8 heteroatoms. The maximum atomic E-state index is 12.4. The van der Waals surface area contributed by atoms with Gasteiger partial charge in [0.25, 0.3) is 0 Å². The fourth-order valence-corrected chi connectivity index (χ4v) is 1.31. The molecule has 0 spiro atoms. The minimum atomic E-state index is -4.82. The number of hydrogen-bond acceptors (Lipinski definition) is 3. The van der Waals surface area contributed by atoms with Gasteiger partial charge in [0.05, 0.1) is 18.8 Å². The summed E-state index contributed by atoms with van der Waals surface area (Å²) < 4.78 is 38.1. The number of rotatable bonds is 3. The van der Waals surface area contributed by atoms with Gasteiger partial charge >= 0.3 is 12.1 Å². The number of carboxylic acids is 1. The van der Waals surface area contributed by atoms with Crippen molar-refractivity contribution in [3.8, 4) is 0 Å². The minimum Gasteiger partial charge on any atom is -0.478 e. The quantitative estimate of drug-likeness (QED) is 0.820. The van der Waals surface area contributed by atoms with Gasteiger partial charge in [-0.2, -0.15) is 18.3 Å². The summed E-state index contributed by atoms with van der Waals surface area (Å²) in [6.45, 7) is 0.614. The summed E-state index contributed by atoms with van der Waals surface area (Å²) in [4.78, 5) is 10.7. The molecule has 90 valence electrons. The lowest BCUT2D eigenvalue weighted by atomic mass is 10.2. The molecular weight excluding hydrogens is 229 g/mol. The molecule has 1 heterocycles. The lowest BCUT2D eigenvalue weighted by molar-refractivity contribution is -0.142. The number of aliphatic hydroxyl groups excluding tert-OH is 1. The molecule has 0 unspecified atom stereocenters. The van der Waals surface area contributed by atoms with E-state index in [-0.39, 0.29) is 12.2 Å². The van der Waals surface area contributed by atoms with Crippen LogP contribution in [0.3, 0.4) is 0 Å². The first-order valence-electron chi connectivity index (χ1n) is 4.27.